The summed E-state index contributed by atoms with van der Waals surface area (Å²) in [6, 6.07) is 8.07. The third-order valence-corrected chi connectivity index (χ3v) is 5.83. The van der Waals surface area contributed by atoms with E-state index >= 15 is 0 Å². The minimum absolute atomic E-state index is 0.0120. The lowest BCUT2D eigenvalue weighted by molar-refractivity contribution is -0.121. The van der Waals surface area contributed by atoms with E-state index in [1.54, 1.807) is 0 Å². The van der Waals surface area contributed by atoms with Gasteiger partial charge in [0.05, 0.1) is 15.1 Å². The summed E-state index contributed by atoms with van der Waals surface area (Å²) in [5.74, 6) is -1.51. The zero-order valence-corrected chi connectivity index (χ0v) is 18.1. The van der Waals surface area contributed by atoms with Gasteiger partial charge in [-0.25, -0.2) is 9.78 Å². The first-order valence-corrected chi connectivity index (χ1v) is 10.3. The molecule has 1 amide bonds. The topological polar surface area (TPSA) is 73.6 Å². The Kier molecular flexibility index (Phi) is 7.08. The van der Waals surface area contributed by atoms with Crippen LogP contribution in [0.4, 0.5) is 0 Å². The first-order chi connectivity index (χ1) is 13.8. The van der Waals surface area contributed by atoms with Gasteiger partial charge in [0.1, 0.15) is 0 Å². The Morgan fingerprint density at radius 2 is 1.90 bits per heavy atom. The lowest BCUT2D eigenvalue weighted by Gasteiger charge is -2.06. The molecule has 0 bridgehead atoms. The number of halogens is 3. The molecule has 3 aromatic rings. The van der Waals surface area contributed by atoms with Gasteiger partial charge in [-0.2, -0.15) is 4.99 Å². The van der Waals surface area contributed by atoms with E-state index in [2.05, 4.69) is 9.98 Å². The van der Waals surface area contributed by atoms with Gasteiger partial charge in [0.15, 0.2) is 17.1 Å². The molecule has 0 saturated carbocycles. The highest BCUT2D eigenvalue weighted by Gasteiger charge is 2.19. The lowest BCUT2D eigenvalue weighted by Crippen LogP contribution is -2.20. The molecule has 0 aliphatic heterocycles. The van der Waals surface area contributed by atoms with Crippen LogP contribution in [0, 0.1) is 6.92 Å². The number of ether oxygens (including phenoxy) is 1. The Morgan fingerprint density at radius 3 is 2.62 bits per heavy atom. The quantitative estimate of drug-likeness (QED) is 0.513. The van der Waals surface area contributed by atoms with Crippen LogP contribution in [0.15, 0.2) is 47.0 Å². The molecule has 0 atom stereocenters. The molecule has 0 fully saturated rings. The number of rotatable bonds is 5. The summed E-state index contributed by atoms with van der Waals surface area (Å²) in [7, 11) is 0. The smallest absolute Gasteiger partial charge is 0.359 e. The van der Waals surface area contributed by atoms with Crippen LogP contribution in [0.25, 0.3) is 0 Å². The van der Waals surface area contributed by atoms with Crippen molar-refractivity contribution < 1.29 is 14.3 Å². The van der Waals surface area contributed by atoms with Crippen LogP contribution in [-0.4, -0.2) is 28.0 Å². The number of hydrogen-bond donors (Lipinski definition) is 0. The van der Waals surface area contributed by atoms with Gasteiger partial charge in [-0.3, -0.25) is 4.79 Å². The second-order valence-electron chi connectivity index (χ2n) is 5.96. The summed E-state index contributed by atoms with van der Waals surface area (Å²) in [6.07, 6.45) is 3.01. The van der Waals surface area contributed by atoms with Crippen LogP contribution < -0.4 is 4.80 Å². The van der Waals surface area contributed by atoms with Gasteiger partial charge in [-0.1, -0.05) is 64.6 Å². The van der Waals surface area contributed by atoms with Crippen molar-refractivity contribution in [3.8, 4) is 0 Å². The average molecular weight is 471 g/mol. The van der Waals surface area contributed by atoms with Crippen molar-refractivity contribution in [3.05, 3.63) is 78.7 Å². The molecule has 0 saturated heterocycles. The predicted molar refractivity (Wildman–Crippen MR) is 113 cm³/mol. The van der Waals surface area contributed by atoms with Crippen LogP contribution in [0.5, 0.6) is 0 Å². The normalized spacial score (nSPS) is 11.5. The molecule has 0 spiro atoms. The molecule has 29 heavy (non-hydrogen) atoms. The number of pyridine rings is 1. The maximum Gasteiger partial charge on any atom is 0.359 e. The molecule has 6 nitrogen and oxygen atoms in total. The summed E-state index contributed by atoms with van der Waals surface area (Å²) in [6.45, 7) is 2.03. The fourth-order valence-electron chi connectivity index (χ4n) is 2.32. The van der Waals surface area contributed by atoms with E-state index < -0.39 is 18.5 Å². The van der Waals surface area contributed by atoms with Gasteiger partial charge in [0, 0.05) is 24.3 Å². The number of esters is 1. The molecule has 0 N–H and O–H groups in total. The van der Waals surface area contributed by atoms with Gasteiger partial charge in [-0.15, -0.1) is 11.3 Å². The number of aromatic nitrogens is 2. The largest absolute Gasteiger partial charge is 0.451 e. The Hall–Kier alpha value is -2.19. The van der Waals surface area contributed by atoms with E-state index in [1.165, 1.54) is 23.1 Å². The van der Waals surface area contributed by atoms with Crippen molar-refractivity contribution in [1.29, 1.82) is 0 Å². The molecule has 150 valence electrons. The van der Waals surface area contributed by atoms with Crippen molar-refractivity contribution in [3.63, 3.8) is 0 Å². The van der Waals surface area contributed by atoms with Gasteiger partial charge < -0.3 is 9.30 Å². The highest BCUT2D eigenvalue weighted by Crippen LogP contribution is 2.31. The predicted octanol–water partition coefficient (Wildman–Crippen LogP) is 4.55. The Labute approximate surface area is 185 Å². The molecule has 3 rings (SSSR count). The van der Waals surface area contributed by atoms with Crippen molar-refractivity contribution in [2.45, 2.75) is 13.5 Å². The summed E-state index contributed by atoms with van der Waals surface area (Å²) in [5, 5.41) is 1.78. The molecule has 0 aliphatic rings. The zero-order chi connectivity index (χ0) is 21.0. The molecule has 0 unspecified atom stereocenters. The van der Waals surface area contributed by atoms with E-state index in [0.717, 1.165) is 5.56 Å². The second kappa shape index (κ2) is 9.54. The molecule has 10 heteroatoms. The molecular formula is C19H14Cl3N3O3S. The third-order valence-electron chi connectivity index (χ3n) is 3.79. The van der Waals surface area contributed by atoms with Crippen LogP contribution in [0.1, 0.15) is 21.6 Å². The molecule has 2 aromatic heterocycles. The fourth-order valence-corrected chi connectivity index (χ4v) is 3.62. The Balaban J connectivity index is 1.67. The number of nitrogens with zero attached hydrogens (tertiary/aromatic N) is 3. The number of hydrogen-bond acceptors (Lipinski definition) is 5. The Bertz CT molecular complexity index is 1120. The number of aryl methyl sites for hydroxylation is 1. The minimum Gasteiger partial charge on any atom is -0.451 e. The van der Waals surface area contributed by atoms with E-state index in [-0.39, 0.29) is 20.8 Å². The number of carbonyl (C=O) groups is 2. The standard InChI is InChI=1S/C19H14Cl3N3O3S/c1-11-2-4-12(5-3-11)9-25-6-7-29-19(25)24-14(26)10-28-18(27)17-16(22)15(21)13(20)8-23-17/h2-8H,9-10H2,1H3. The Morgan fingerprint density at radius 1 is 1.17 bits per heavy atom. The van der Waals surface area contributed by atoms with E-state index in [0.29, 0.717) is 11.3 Å². The maximum absolute atomic E-state index is 12.2. The summed E-state index contributed by atoms with van der Waals surface area (Å²) < 4.78 is 6.79. The van der Waals surface area contributed by atoms with Crippen molar-refractivity contribution >= 4 is 58.0 Å². The fraction of sp³-hybridized carbons (Fsp3) is 0.158. The van der Waals surface area contributed by atoms with Crippen LogP contribution in [0.2, 0.25) is 15.1 Å². The summed E-state index contributed by atoms with van der Waals surface area (Å²) in [5.41, 5.74) is 2.02. The summed E-state index contributed by atoms with van der Waals surface area (Å²) >= 11 is 18.9. The van der Waals surface area contributed by atoms with Gasteiger partial charge in [0.25, 0.3) is 5.91 Å². The SMILES string of the molecule is Cc1ccc(Cn2ccsc2=NC(=O)COC(=O)c2ncc(Cl)c(Cl)c2Cl)cc1. The summed E-state index contributed by atoms with van der Waals surface area (Å²) in [4.78, 5) is 32.6. The average Bonchev–Trinajstić information content (AvgIpc) is 3.12. The van der Waals surface area contributed by atoms with Gasteiger partial charge in [-0.05, 0) is 12.5 Å². The van der Waals surface area contributed by atoms with Gasteiger partial charge in [0.2, 0.25) is 0 Å². The van der Waals surface area contributed by atoms with Crippen LogP contribution in [-0.2, 0) is 16.1 Å². The number of amides is 1. The van der Waals surface area contributed by atoms with Crippen molar-refractivity contribution in [2.24, 2.45) is 4.99 Å². The molecule has 1 aromatic carbocycles. The first kappa shape index (κ1) is 21.5. The highest BCUT2D eigenvalue weighted by atomic mass is 35.5. The van der Waals surface area contributed by atoms with E-state index in [1.807, 2.05) is 47.3 Å². The minimum atomic E-state index is -0.893. The van der Waals surface area contributed by atoms with E-state index in [4.69, 9.17) is 39.5 Å². The highest BCUT2D eigenvalue weighted by molar-refractivity contribution is 7.07. The number of benzene rings is 1. The lowest BCUT2D eigenvalue weighted by atomic mass is 10.1. The maximum atomic E-state index is 12.2. The monoisotopic (exact) mass is 469 g/mol. The number of carbonyl (C=O) groups excluding carboxylic acids is 2. The van der Waals surface area contributed by atoms with E-state index in [9.17, 15) is 9.59 Å². The zero-order valence-electron chi connectivity index (χ0n) is 15.1. The molecule has 0 radical (unpaired) electrons. The first-order valence-electron chi connectivity index (χ1n) is 8.29. The number of thiazole rings is 1. The second-order valence-corrected chi connectivity index (χ2v) is 8.00. The molecule has 0 aliphatic carbocycles. The van der Waals surface area contributed by atoms with Gasteiger partial charge >= 0.3 is 5.97 Å². The van der Waals surface area contributed by atoms with Crippen LogP contribution in [0.3, 0.4) is 0 Å². The third kappa shape index (κ3) is 5.45. The van der Waals surface area contributed by atoms with Crippen molar-refractivity contribution in [1.82, 2.24) is 9.55 Å². The van der Waals surface area contributed by atoms with Crippen LogP contribution >= 0.6 is 46.1 Å². The molecule has 2 heterocycles. The molecular weight excluding hydrogens is 457 g/mol. The van der Waals surface area contributed by atoms with Crippen molar-refractivity contribution in [2.75, 3.05) is 6.61 Å².